The number of carbonyl (C=O) groups is 4. The first-order chi connectivity index (χ1) is 21.9. The van der Waals surface area contributed by atoms with E-state index in [9.17, 15) is 19.2 Å². The van der Waals surface area contributed by atoms with Gasteiger partial charge in [0.2, 0.25) is 0 Å². The van der Waals surface area contributed by atoms with Crippen LogP contribution in [0, 0.1) is 62.6 Å². The van der Waals surface area contributed by atoms with Crippen LogP contribution in [0.2, 0.25) is 0 Å². The molecule has 5 fully saturated rings. The molecule has 0 saturated heterocycles. The lowest BCUT2D eigenvalue weighted by molar-refractivity contribution is -0.253. The summed E-state index contributed by atoms with van der Waals surface area (Å²) in [4.78, 5) is 47.4. The van der Waals surface area contributed by atoms with E-state index < -0.39 is 17.9 Å². The Morgan fingerprint density at radius 1 is 0.702 bits per heavy atom. The second-order valence-electron chi connectivity index (χ2n) is 18.1. The van der Waals surface area contributed by atoms with Crippen molar-refractivity contribution in [2.75, 3.05) is 6.61 Å². The van der Waals surface area contributed by atoms with Crippen LogP contribution in [0.4, 0.5) is 0 Å². The van der Waals surface area contributed by atoms with Gasteiger partial charge >= 0.3 is 23.9 Å². The molecule has 0 radical (unpaired) electrons. The number of aliphatic carboxylic acids is 2. The van der Waals surface area contributed by atoms with Gasteiger partial charge in [-0.1, -0.05) is 48.5 Å². The fraction of sp³-hybridized carbons (Fsp3) is 0.897. The largest absolute Gasteiger partial charge is 0.481 e. The Labute approximate surface area is 282 Å². The summed E-state index contributed by atoms with van der Waals surface area (Å²) in [7, 11) is 0. The Bertz CT molecular complexity index is 1230. The molecule has 8 heteroatoms. The van der Waals surface area contributed by atoms with Gasteiger partial charge in [-0.05, 0) is 122 Å². The molecule has 0 heterocycles. The number of carboxylic acids is 2. The standard InChI is InChI=1S/C39H62O8/c1-24(2)25-15-20-39(23-46-32(44)10-8-9-30(40)41)22-21-37(6)26(34(25)39)11-12-28-36(5)18-17-29(47-33(45)14-13-31(42)43)35(3,4)27(36)16-19-38(28,37)7/h24-29,34H,8-23H2,1-7H3,(H,40,41)(H,42,43)/t25-,26+,27-,28+,29-,34+,36-,37+,38+,39+/m0/s1. The van der Waals surface area contributed by atoms with Crippen LogP contribution in [0.1, 0.15) is 145 Å². The van der Waals surface area contributed by atoms with Gasteiger partial charge in [0.25, 0.3) is 0 Å². The van der Waals surface area contributed by atoms with Crippen molar-refractivity contribution >= 4 is 23.9 Å². The number of hydrogen-bond donors (Lipinski definition) is 2. The van der Waals surface area contributed by atoms with Gasteiger partial charge in [-0.3, -0.25) is 19.2 Å². The van der Waals surface area contributed by atoms with Gasteiger partial charge in [0.05, 0.1) is 19.4 Å². The van der Waals surface area contributed by atoms with Crippen LogP contribution in [0.15, 0.2) is 0 Å². The summed E-state index contributed by atoms with van der Waals surface area (Å²) in [6.45, 7) is 17.6. The minimum Gasteiger partial charge on any atom is -0.481 e. The average molecular weight is 659 g/mol. The number of carbonyl (C=O) groups excluding carboxylic acids is 2. The average Bonchev–Trinajstić information content (AvgIpc) is 3.37. The fourth-order valence-electron chi connectivity index (χ4n) is 13.1. The van der Waals surface area contributed by atoms with Crippen LogP contribution in [0.5, 0.6) is 0 Å². The van der Waals surface area contributed by atoms with Gasteiger partial charge in [-0.2, -0.15) is 0 Å². The number of ether oxygens (including phenoxy) is 2. The number of esters is 2. The molecule has 0 aliphatic heterocycles. The van der Waals surface area contributed by atoms with Gasteiger partial charge in [-0.15, -0.1) is 0 Å². The molecule has 5 aliphatic carbocycles. The Balaban J connectivity index is 1.36. The molecular weight excluding hydrogens is 596 g/mol. The Kier molecular flexibility index (Phi) is 9.98. The SMILES string of the molecule is CC(C)[C@@H]1CC[C@]2(COC(=O)CCCC(=O)O)CC[C@]3(C)[C@H](CC[C@@H]4[C@@]5(C)CC[C@H](OC(=O)CCC(=O)O)C(C)(C)[C@@H]5CC[C@]43C)[C@@H]12. The van der Waals surface area contributed by atoms with Crippen LogP contribution in [0.3, 0.4) is 0 Å². The molecule has 5 aliphatic rings. The lowest BCUT2D eigenvalue weighted by Gasteiger charge is -2.73. The van der Waals surface area contributed by atoms with Crippen molar-refractivity contribution in [3.63, 3.8) is 0 Å². The molecule has 0 aromatic rings. The Morgan fingerprint density at radius 2 is 1.40 bits per heavy atom. The van der Waals surface area contributed by atoms with Crippen molar-refractivity contribution in [1.82, 2.24) is 0 Å². The van der Waals surface area contributed by atoms with E-state index >= 15 is 0 Å². The maximum absolute atomic E-state index is 12.7. The molecule has 0 bridgehead atoms. The van der Waals surface area contributed by atoms with Gasteiger partial charge in [0.1, 0.15) is 6.10 Å². The maximum atomic E-state index is 12.7. The minimum atomic E-state index is -0.973. The summed E-state index contributed by atoms with van der Waals surface area (Å²) in [6.07, 6.45) is 11.1. The van der Waals surface area contributed by atoms with Crippen molar-refractivity contribution in [1.29, 1.82) is 0 Å². The highest BCUT2D eigenvalue weighted by Gasteiger charge is 2.71. The second-order valence-corrected chi connectivity index (χ2v) is 18.1. The first-order valence-electron chi connectivity index (χ1n) is 18.7. The summed E-state index contributed by atoms with van der Waals surface area (Å²) in [5, 5.41) is 18.0. The molecule has 266 valence electrons. The lowest BCUT2D eigenvalue weighted by atomic mass is 9.32. The highest BCUT2D eigenvalue weighted by Crippen LogP contribution is 2.77. The van der Waals surface area contributed by atoms with Crippen LogP contribution < -0.4 is 0 Å². The molecular formula is C39H62O8. The van der Waals surface area contributed by atoms with E-state index in [1.807, 2.05) is 0 Å². The summed E-state index contributed by atoms with van der Waals surface area (Å²) < 4.78 is 12.0. The number of rotatable bonds is 11. The highest BCUT2D eigenvalue weighted by atomic mass is 16.5. The predicted molar refractivity (Wildman–Crippen MR) is 178 cm³/mol. The molecule has 0 unspecified atom stereocenters. The summed E-state index contributed by atoms with van der Waals surface area (Å²) in [5.74, 6) is 0.800. The van der Waals surface area contributed by atoms with E-state index in [1.54, 1.807) is 0 Å². The maximum Gasteiger partial charge on any atom is 0.306 e. The topological polar surface area (TPSA) is 127 Å². The quantitative estimate of drug-likeness (QED) is 0.212. The second kappa shape index (κ2) is 13.0. The van der Waals surface area contributed by atoms with Gasteiger partial charge in [-0.25, -0.2) is 0 Å². The molecule has 0 aromatic heterocycles. The summed E-state index contributed by atoms with van der Waals surface area (Å²) >= 11 is 0. The van der Waals surface area contributed by atoms with Crippen LogP contribution in [-0.4, -0.2) is 46.8 Å². The van der Waals surface area contributed by atoms with Gasteiger partial charge < -0.3 is 19.7 Å². The molecule has 2 N–H and O–H groups in total. The molecule has 5 rings (SSSR count). The molecule has 0 spiro atoms. The first-order valence-corrected chi connectivity index (χ1v) is 18.7. The third kappa shape index (κ3) is 6.15. The van der Waals surface area contributed by atoms with Crippen molar-refractivity contribution in [2.45, 2.75) is 151 Å². The van der Waals surface area contributed by atoms with E-state index in [2.05, 4.69) is 48.5 Å². The Hall–Kier alpha value is -2.12. The zero-order valence-electron chi connectivity index (χ0n) is 30.2. The molecule has 10 atom stereocenters. The molecule has 0 amide bonds. The molecule has 0 aromatic carbocycles. The zero-order chi connectivity index (χ0) is 34.6. The number of carboxylic acid groups (broad SMARTS) is 2. The monoisotopic (exact) mass is 658 g/mol. The first kappa shape index (κ1) is 36.2. The predicted octanol–water partition coefficient (Wildman–Crippen LogP) is 8.30. The van der Waals surface area contributed by atoms with Gasteiger partial charge in [0, 0.05) is 23.7 Å². The van der Waals surface area contributed by atoms with E-state index in [4.69, 9.17) is 19.7 Å². The van der Waals surface area contributed by atoms with Crippen LogP contribution in [0.25, 0.3) is 0 Å². The van der Waals surface area contributed by atoms with E-state index in [0.29, 0.717) is 48.5 Å². The van der Waals surface area contributed by atoms with Crippen LogP contribution in [-0.2, 0) is 28.7 Å². The van der Waals surface area contributed by atoms with Crippen LogP contribution >= 0.6 is 0 Å². The Morgan fingerprint density at radius 3 is 2.06 bits per heavy atom. The smallest absolute Gasteiger partial charge is 0.306 e. The van der Waals surface area contributed by atoms with E-state index in [0.717, 1.165) is 38.5 Å². The normalized spacial score (nSPS) is 42.0. The summed E-state index contributed by atoms with van der Waals surface area (Å²) in [6, 6.07) is 0. The molecule has 5 saturated carbocycles. The van der Waals surface area contributed by atoms with Gasteiger partial charge in [0.15, 0.2) is 0 Å². The van der Waals surface area contributed by atoms with Crippen molar-refractivity contribution in [3.8, 4) is 0 Å². The van der Waals surface area contributed by atoms with Crippen molar-refractivity contribution < 1.29 is 38.9 Å². The highest BCUT2D eigenvalue weighted by molar-refractivity contribution is 5.76. The van der Waals surface area contributed by atoms with Crippen molar-refractivity contribution in [3.05, 3.63) is 0 Å². The minimum absolute atomic E-state index is 0.00593. The van der Waals surface area contributed by atoms with E-state index in [-0.39, 0.29) is 64.8 Å². The van der Waals surface area contributed by atoms with Crippen molar-refractivity contribution in [2.24, 2.45) is 62.6 Å². The van der Waals surface area contributed by atoms with E-state index in [1.165, 1.54) is 25.7 Å². The fourth-order valence-corrected chi connectivity index (χ4v) is 13.1. The zero-order valence-corrected chi connectivity index (χ0v) is 30.2. The third-order valence-electron chi connectivity index (χ3n) is 15.6. The number of hydrogen-bond acceptors (Lipinski definition) is 6. The third-order valence-corrected chi connectivity index (χ3v) is 15.6. The number of fused-ring (bicyclic) bond motifs is 7. The molecule has 47 heavy (non-hydrogen) atoms. The lowest BCUT2D eigenvalue weighted by Crippen LogP contribution is -2.67. The molecule has 8 nitrogen and oxygen atoms in total. The summed E-state index contributed by atoms with van der Waals surface area (Å²) in [5.41, 5.74) is 0.338.